The van der Waals surface area contributed by atoms with E-state index in [-0.39, 0.29) is 17.0 Å². The van der Waals surface area contributed by atoms with E-state index in [0.29, 0.717) is 16.6 Å². The van der Waals surface area contributed by atoms with E-state index < -0.39 is 16.0 Å². The molecule has 0 radical (unpaired) electrons. The lowest BCUT2D eigenvalue weighted by Crippen LogP contribution is -2.27. The summed E-state index contributed by atoms with van der Waals surface area (Å²) in [4.78, 5) is 28.3. The van der Waals surface area contributed by atoms with Crippen LogP contribution in [0.3, 0.4) is 0 Å². The van der Waals surface area contributed by atoms with E-state index in [4.69, 9.17) is 4.55 Å². The minimum absolute atomic E-state index is 0.239. The van der Waals surface area contributed by atoms with Gasteiger partial charge >= 0.3 is 0 Å². The van der Waals surface area contributed by atoms with Crippen LogP contribution in [0.1, 0.15) is 0 Å². The van der Waals surface area contributed by atoms with Gasteiger partial charge < -0.3 is 5.32 Å². The molecule has 0 saturated carbocycles. The number of amides is 1. The van der Waals surface area contributed by atoms with Crippen LogP contribution in [0.5, 0.6) is 0 Å². The second kappa shape index (κ2) is 6.46. The number of aromatic nitrogens is 2. The highest BCUT2D eigenvalue weighted by Crippen LogP contribution is 2.13. The number of carbonyl (C=O) groups is 1. The zero-order valence-corrected chi connectivity index (χ0v) is 13.6. The molecule has 0 aliphatic carbocycles. The minimum atomic E-state index is -4.29. The van der Waals surface area contributed by atoms with Gasteiger partial charge in [0.1, 0.15) is 6.54 Å². The summed E-state index contributed by atoms with van der Waals surface area (Å²) in [5.41, 5.74) is 0.548. The normalized spacial score (nSPS) is 11.4. The first-order valence-electron chi connectivity index (χ1n) is 7.16. The number of rotatable bonds is 4. The van der Waals surface area contributed by atoms with E-state index in [2.05, 4.69) is 10.3 Å². The lowest BCUT2D eigenvalue weighted by Gasteiger charge is -2.08. The molecule has 8 nitrogen and oxygen atoms in total. The van der Waals surface area contributed by atoms with Gasteiger partial charge in [-0.2, -0.15) is 8.42 Å². The molecular weight excluding hydrogens is 346 g/mol. The smallest absolute Gasteiger partial charge is 0.294 e. The van der Waals surface area contributed by atoms with Crippen LogP contribution in [0.25, 0.3) is 10.9 Å². The molecule has 1 aromatic heterocycles. The van der Waals surface area contributed by atoms with Crippen LogP contribution in [0.15, 0.2) is 64.5 Å². The average molecular weight is 359 g/mol. The molecule has 2 N–H and O–H groups in total. The first kappa shape index (κ1) is 16.8. The largest absolute Gasteiger partial charge is 0.325 e. The van der Waals surface area contributed by atoms with E-state index >= 15 is 0 Å². The van der Waals surface area contributed by atoms with Gasteiger partial charge in [-0.1, -0.05) is 12.1 Å². The monoisotopic (exact) mass is 359 g/mol. The Kier molecular flexibility index (Phi) is 4.34. The van der Waals surface area contributed by atoms with Gasteiger partial charge in [0.2, 0.25) is 5.91 Å². The van der Waals surface area contributed by atoms with E-state index in [0.717, 1.165) is 12.1 Å². The highest BCUT2D eigenvalue weighted by molar-refractivity contribution is 7.85. The lowest BCUT2D eigenvalue weighted by molar-refractivity contribution is -0.116. The fraction of sp³-hybridized carbons (Fsp3) is 0.0625. The molecule has 2 aromatic carbocycles. The summed E-state index contributed by atoms with van der Waals surface area (Å²) in [6, 6.07) is 11.8. The summed E-state index contributed by atoms with van der Waals surface area (Å²) in [7, 11) is -4.29. The van der Waals surface area contributed by atoms with E-state index in [1.807, 2.05) is 0 Å². The Morgan fingerprint density at radius 2 is 1.80 bits per heavy atom. The minimum Gasteiger partial charge on any atom is -0.325 e. The van der Waals surface area contributed by atoms with Crippen molar-refractivity contribution in [3.05, 3.63) is 65.2 Å². The predicted molar refractivity (Wildman–Crippen MR) is 90.9 cm³/mol. The van der Waals surface area contributed by atoms with Crippen molar-refractivity contribution in [1.82, 2.24) is 9.55 Å². The van der Waals surface area contributed by atoms with Gasteiger partial charge in [-0.05, 0) is 36.4 Å². The number of para-hydroxylation sites is 1. The van der Waals surface area contributed by atoms with Gasteiger partial charge in [-0.25, -0.2) is 4.98 Å². The van der Waals surface area contributed by atoms with Crippen LogP contribution in [-0.2, 0) is 21.5 Å². The zero-order chi connectivity index (χ0) is 18.0. The van der Waals surface area contributed by atoms with Crippen molar-refractivity contribution < 1.29 is 17.8 Å². The Bertz CT molecular complexity index is 1100. The van der Waals surface area contributed by atoms with Crippen molar-refractivity contribution in [2.24, 2.45) is 0 Å². The summed E-state index contributed by atoms with van der Waals surface area (Å²) in [5.74, 6) is -0.473. The predicted octanol–water partition coefficient (Wildman–Crippen LogP) is 1.28. The van der Waals surface area contributed by atoms with E-state index in [1.54, 1.807) is 24.3 Å². The first-order valence-corrected chi connectivity index (χ1v) is 8.60. The van der Waals surface area contributed by atoms with Crippen molar-refractivity contribution >= 4 is 32.6 Å². The molecule has 0 spiro atoms. The SMILES string of the molecule is O=C(Cn1cnc2ccccc2c1=O)Nc1ccc(S(=O)(=O)O)cc1. The number of carbonyl (C=O) groups excluding carboxylic acids is 1. The molecule has 0 bridgehead atoms. The van der Waals surface area contributed by atoms with Crippen LogP contribution < -0.4 is 10.9 Å². The quantitative estimate of drug-likeness (QED) is 0.678. The van der Waals surface area contributed by atoms with Gasteiger partial charge in [0.05, 0.1) is 22.1 Å². The molecule has 3 rings (SSSR count). The van der Waals surface area contributed by atoms with E-state index in [1.165, 1.54) is 23.0 Å². The third-order valence-electron chi connectivity index (χ3n) is 3.48. The Morgan fingerprint density at radius 3 is 2.48 bits per heavy atom. The van der Waals surface area contributed by atoms with Crippen molar-refractivity contribution in [1.29, 1.82) is 0 Å². The molecule has 25 heavy (non-hydrogen) atoms. The molecule has 0 fully saturated rings. The number of fused-ring (bicyclic) bond motifs is 1. The molecular formula is C16H13N3O5S. The fourth-order valence-electron chi connectivity index (χ4n) is 2.28. The standard InChI is InChI=1S/C16H13N3O5S/c20-15(18-11-5-7-12(8-6-11)25(22,23)24)9-19-10-17-14-4-2-1-3-13(14)16(19)21/h1-8,10H,9H2,(H,18,20)(H,22,23,24). The summed E-state index contributed by atoms with van der Waals surface area (Å²) >= 11 is 0. The summed E-state index contributed by atoms with van der Waals surface area (Å²) in [5, 5.41) is 2.95. The van der Waals surface area contributed by atoms with Crippen LogP contribution in [0.4, 0.5) is 5.69 Å². The number of anilines is 1. The van der Waals surface area contributed by atoms with Gasteiger partial charge in [0.25, 0.3) is 15.7 Å². The lowest BCUT2D eigenvalue weighted by atomic mass is 10.2. The highest BCUT2D eigenvalue weighted by Gasteiger charge is 2.11. The molecule has 0 aliphatic rings. The molecule has 0 atom stereocenters. The zero-order valence-electron chi connectivity index (χ0n) is 12.8. The van der Waals surface area contributed by atoms with Gasteiger partial charge in [-0.15, -0.1) is 0 Å². The molecule has 0 saturated heterocycles. The van der Waals surface area contributed by atoms with Crippen LogP contribution in [-0.4, -0.2) is 28.4 Å². The summed E-state index contributed by atoms with van der Waals surface area (Å²) in [6.45, 7) is -0.239. The Hall–Kier alpha value is -3.04. The van der Waals surface area contributed by atoms with Crippen molar-refractivity contribution in [3.63, 3.8) is 0 Å². The first-order chi connectivity index (χ1) is 11.8. The Balaban J connectivity index is 1.77. The fourth-order valence-corrected chi connectivity index (χ4v) is 2.76. The van der Waals surface area contributed by atoms with Crippen molar-refractivity contribution in [3.8, 4) is 0 Å². The van der Waals surface area contributed by atoms with Crippen LogP contribution in [0.2, 0.25) is 0 Å². The maximum atomic E-state index is 12.3. The van der Waals surface area contributed by atoms with Crippen LogP contribution in [0, 0.1) is 0 Å². The second-order valence-electron chi connectivity index (χ2n) is 5.24. The Morgan fingerprint density at radius 1 is 1.12 bits per heavy atom. The van der Waals surface area contributed by atoms with Crippen molar-refractivity contribution in [2.45, 2.75) is 11.4 Å². The third-order valence-corrected chi connectivity index (χ3v) is 4.35. The summed E-state index contributed by atoms with van der Waals surface area (Å²) in [6.07, 6.45) is 1.30. The summed E-state index contributed by atoms with van der Waals surface area (Å²) < 4.78 is 32.0. The second-order valence-corrected chi connectivity index (χ2v) is 6.66. The maximum Gasteiger partial charge on any atom is 0.294 e. The average Bonchev–Trinajstić information content (AvgIpc) is 2.57. The Labute approximate surface area is 142 Å². The number of nitrogens with zero attached hydrogens (tertiary/aromatic N) is 2. The van der Waals surface area contributed by atoms with Gasteiger partial charge in [-0.3, -0.25) is 18.7 Å². The molecule has 9 heteroatoms. The van der Waals surface area contributed by atoms with Crippen molar-refractivity contribution in [2.75, 3.05) is 5.32 Å². The van der Waals surface area contributed by atoms with Gasteiger partial charge in [0, 0.05) is 5.69 Å². The molecule has 128 valence electrons. The van der Waals surface area contributed by atoms with Gasteiger partial charge in [0.15, 0.2) is 0 Å². The molecule has 3 aromatic rings. The maximum absolute atomic E-state index is 12.3. The topological polar surface area (TPSA) is 118 Å². The number of hydrogen-bond acceptors (Lipinski definition) is 5. The number of benzene rings is 2. The highest BCUT2D eigenvalue weighted by atomic mass is 32.2. The number of hydrogen-bond donors (Lipinski definition) is 2. The molecule has 1 amide bonds. The third kappa shape index (κ3) is 3.73. The van der Waals surface area contributed by atoms with E-state index in [9.17, 15) is 18.0 Å². The molecule has 0 unspecified atom stereocenters. The molecule has 1 heterocycles. The van der Waals surface area contributed by atoms with Crippen LogP contribution >= 0.6 is 0 Å². The number of nitrogens with one attached hydrogen (secondary N) is 1. The molecule has 0 aliphatic heterocycles.